The van der Waals surface area contributed by atoms with Crippen LogP contribution in [0.2, 0.25) is 5.02 Å². The zero-order valence-electron chi connectivity index (χ0n) is 27.7. The van der Waals surface area contributed by atoms with Crippen molar-refractivity contribution in [1.82, 2.24) is 0 Å². The number of fused-ring (bicyclic) bond motifs is 9. The van der Waals surface area contributed by atoms with E-state index in [2.05, 4.69) is 69.3 Å². The van der Waals surface area contributed by atoms with E-state index in [0.29, 0.717) is 28.5 Å². The predicted octanol–water partition coefficient (Wildman–Crippen LogP) is 8.47. The van der Waals surface area contributed by atoms with E-state index in [1.54, 1.807) is 0 Å². The maximum atomic E-state index is 10.2. The van der Waals surface area contributed by atoms with E-state index >= 15 is 0 Å². The summed E-state index contributed by atoms with van der Waals surface area (Å²) in [6.07, 6.45) is 0.564. The third-order valence-electron chi connectivity index (χ3n) is 11.3. The molecule has 0 N–H and O–H groups in total. The minimum Gasteiger partial charge on any atom is -0.455 e. The van der Waals surface area contributed by atoms with Crippen molar-refractivity contribution in [3.05, 3.63) is 117 Å². The van der Waals surface area contributed by atoms with Crippen molar-refractivity contribution in [3.63, 3.8) is 0 Å². The zero-order chi connectivity index (χ0) is 33.1. The summed E-state index contributed by atoms with van der Waals surface area (Å²) in [4.78, 5) is 0. The Morgan fingerprint density at radius 2 is 1.32 bits per heavy atom. The molecule has 2 unspecified atom stereocenters. The Balaban J connectivity index is 1.27. The van der Waals surface area contributed by atoms with Crippen LogP contribution in [0.25, 0.3) is 11.1 Å². The van der Waals surface area contributed by atoms with E-state index in [1.807, 2.05) is 64.1 Å². The fraction of sp³-hybridized carbons (Fsp3) is 0.342. The fourth-order valence-electron chi connectivity index (χ4n) is 7.81. The lowest BCUT2D eigenvalue weighted by Gasteiger charge is -2.40. The van der Waals surface area contributed by atoms with Crippen LogP contribution >= 0.6 is 11.6 Å². The summed E-state index contributed by atoms with van der Waals surface area (Å²) in [5.74, 6) is 1.28. The molecule has 47 heavy (non-hydrogen) atoms. The van der Waals surface area contributed by atoms with Crippen molar-refractivity contribution >= 4 is 25.6 Å². The Morgan fingerprint density at radius 3 is 2.06 bits per heavy atom. The van der Waals surface area contributed by atoms with Gasteiger partial charge in [-0.2, -0.15) is 5.26 Å². The van der Waals surface area contributed by atoms with Crippen molar-refractivity contribution in [1.29, 1.82) is 5.26 Å². The molecule has 0 amide bonds. The van der Waals surface area contributed by atoms with Crippen molar-refractivity contribution in [2.45, 2.75) is 82.7 Å². The highest BCUT2D eigenvalue weighted by atomic mass is 35.5. The number of nitriles is 1. The minimum absolute atomic E-state index is 0.490. The van der Waals surface area contributed by atoms with Gasteiger partial charge in [0.1, 0.15) is 17.6 Å². The average Bonchev–Trinajstić information content (AvgIpc) is 3.54. The quantitative estimate of drug-likeness (QED) is 0.180. The van der Waals surface area contributed by atoms with Crippen LogP contribution in [0.15, 0.2) is 78.9 Å². The van der Waals surface area contributed by atoms with Crippen LogP contribution in [0.5, 0.6) is 11.5 Å². The third kappa shape index (κ3) is 4.14. The number of hydrogen-bond donors (Lipinski definition) is 0. The average molecular weight is 644 g/mol. The van der Waals surface area contributed by atoms with Crippen LogP contribution in [0.4, 0.5) is 0 Å². The van der Waals surface area contributed by atoms with Gasteiger partial charge in [0, 0.05) is 28.1 Å². The van der Waals surface area contributed by atoms with Gasteiger partial charge in [0.2, 0.25) is 0 Å². The molecule has 8 rings (SSSR count). The molecular weight excluding hydrogens is 607 g/mol. The Morgan fingerprint density at radius 1 is 0.681 bits per heavy atom. The van der Waals surface area contributed by atoms with Gasteiger partial charge in [0.15, 0.2) is 0 Å². The molecule has 236 valence electrons. The van der Waals surface area contributed by atoms with Crippen molar-refractivity contribution in [3.8, 4) is 28.7 Å². The second kappa shape index (κ2) is 9.98. The summed E-state index contributed by atoms with van der Waals surface area (Å²) < 4.78 is 32.6. The van der Waals surface area contributed by atoms with Gasteiger partial charge in [0.25, 0.3) is 0 Å². The molecule has 4 aromatic rings. The third-order valence-corrected chi connectivity index (χ3v) is 11.6. The predicted molar refractivity (Wildman–Crippen MR) is 184 cm³/mol. The van der Waals surface area contributed by atoms with E-state index in [9.17, 15) is 5.26 Å². The van der Waals surface area contributed by atoms with Crippen LogP contribution < -0.4 is 4.74 Å². The van der Waals surface area contributed by atoms with Crippen molar-refractivity contribution < 1.29 is 23.4 Å². The molecule has 0 saturated carbocycles. The first-order chi connectivity index (χ1) is 22.2. The van der Waals surface area contributed by atoms with Gasteiger partial charge in [0.05, 0.1) is 33.4 Å². The molecule has 3 aliphatic heterocycles. The summed E-state index contributed by atoms with van der Waals surface area (Å²) in [5, 5.41) is 10.8. The van der Waals surface area contributed by atoms with Crippen molar-refractivity contribution in [2.75, 3.05) is 0 Å². The number of halogens is 1. The summed E-state index contributed by atoms with van der Waals surface area (Å²) in [7, 11) is -1.33. The van der Waals surface area contributed by atoms with E-state index in [-0.39, 0.29) is 0 Å². The second-order valence-corrected chi connectivity index (χ2v) is 15.2. The van der Waals surface area contributed by atoms with Gasteiger partial charge in [-0.3, -0.25) is 0 Å². The van der Waals surface area contributed by atoms with Crippen LogP contribution in [0.1, 0.15) is 81.8 Å². The lowest BCUT2D eigenvalue weighted by atomic mass is 9.49. The molecule has 2 saturated heterocycles. The molecule has 4 aromatic carbocycles. The summed E-state index contributed by atoms with van der Waals surface area (Å²) >= 11 is 6.98. The van der Waals surface area contributed by atoms with Gasteiger partial charge in [-0.1, -0.05) is 72.3 Å². The number of nitrogens with zero attached hydrogens (tertiary/aromatic N) is 1. The van der Waals surface area contributed by atoms with Gasteiger partial charge in [-0.15, -0.1) is 0 Å². The molecule has 9 heteroatoms. The molecule has 2 fully saturated rings. The number of hydrogen-bond acceptors (Lipinski definition) is 6. The lowest BCUT2D eigenvalue weighted by Crippen LogP contribution is -2.46. The van der Waals surface area contributed by atoms with Crippen LogP contribution in [-0.2, 0) is 30.5 Å². The molecule has 3 heterocycles. The normalized spacial score (nSPS) is 25.5. The maximum absolute atomic E-state index is 10.2. The number of ether oxygens (including phenoxy) is 1. The molecule has 0 radical (unpaired) electrons. The summed E-state index contributed by atoms with van der Waals surface area (Å²) in [5.41, 5.74) is 4.60. The molecule has 0 aromatic heterocycles. The van der Waals surface area contributed by atoms with Crippen molar-refractivity contribution in [2.24, 2.45) is 0 Å². The Bertz CT molecular complexity index is 2010. The molecule has 1 aliphatic carbocycles. The molecule has 1 spiro atoms. The monoisotopic (exact) mass is 643 g/mol. The van der Waals surface area contributed by atoms with E-state index < -0.39 is 41.8 Å². The van der Waals surface area contributed by atoms with Gasteiger partial charge < -0.3 is 23.4 Å². The number of benzene rings is 4. The smallest absolute Gasteiger partial charge is 0.455 e. The Hall–Kier alpha value is -3.57. The molecule has 0 bridgehead atoms. The summed E-state index contributed by atoms with van der Waals surface area (Å²) in [6, 6.07) is 29.0. The standard InChI is InChI=1S/C38H36B2ClNO5/c1-34(2)35(3,4)45-39(44-34)40-46-36(5,6)37(7,47-40)21-23-18-19-31-29(20-23)38(28-16-10-12-24(22-42)33(28)43-31)26-14-9-8-13-25(26)32-27(38)15-11-17-30(32)41/h8-20H,21H2,1-7H3. The number of rotatable bonds is 3. The largest absolute Gasteiger partial charge is 0.489 e. The van der Waals surface area contributed by atoms with Gasteiger partial charge >= 0.3 is 14.0 Å². The Kier molecular flexibility index (Phi) is 6.53. The molecule has 4 aliphatic rings. The highest BCUT2D eigenvalue weighted by Gasteiger charge is 2.65. The molecular formula is C38H36B2ClNO5. The number of para-hydroxylation sites is 1. The lowest BCUT2D eigenvalue weighted by molar-refractivity contribution is -0.00879. The van der Waals surface area contributed by atoms with E-state index in [1.165, 1.54) is 0 Å². The highest BCUT2D eigenvalue weighted by Crippen LogP contribution is 2.63. The fourth-order valence-corrected chi connectivity index (χ4v) is 8.09. The minimum atomic E-state index is -0.753. The van der Waals surface area contributed by atoms with E-state index in [0.717, 1.165) is 38.9 Å². The molecule has 2 atom stereocenters. The van der Waals surface area contributed by atoms with Gasteiger partial charge in [-0.05, 0) is 88.9 Å². The first-order valence-corrected chi connectivity index (χ1v) is 16.6. The van der Waals surface area contributed by atoms with Crippen LogP contribution in [0, 0.1) is 11.3 Å². The second-order valence-electron chi connectivity index (χ2n) is 14.8. The van der Waals surface area contributed by atoms with Crippen LogP contribution in [0.3, 0.4) is 0 Å². The molecule has 6 nitrogen and oxygen atoms in total. The van der Waals surface area contributed by atoms with Gasteiger partial charge in [-0.25, -0.2) is 0 Å². The topological polar surface area (TPSA) is 69.9 Å². The first-order valence-electron chi connectivity index (χ1n) is 16.2. The summed E-state index contributed by atoms with van der Waals surface area (Å²) in [6.45, 7) is 14.3. The zero-order valence-corrected chi connectivity index (χ0v) is 28.5. The Labute approximate surface area is 282 Å². The SMILES string of the molecule is CC1(C)OB(B2OC(C)(C)C(C)(Cc3ccc4c(c3)C3(c5ccccc5-c5c(Cl)cccc53)c3cccc(C#N)c3O4)O2)OC1(C)C. The maximum Gasteiger partial charge on any atom is 0.489 e. The van der Waals surface area contributed by atoms with Crippen LogP contribution in [-0.4, -0.2) is 36.4 Å². The first kappa shape index (κ1) is 30.7. The highest BCUT2D eigenvalue weighted by molar-refractivity contribution is 7.11. The van der Waals surface area contributed by atoms with E-state index in [4.69, 9.17) is 35.0 Å².